The average Bonchev–Trinajstić information content (AvgIpc) is 3.01. The van der Waals surface area contributed by atoms with E-state index in [9.17, 15) is 13.2 Å². The molecule has 1 aromatic heterocycles. The molecule has 0 spiro atoms. The molecule has 1 fully saturated rings. The summed E-state index contributed by atoms with van der Waals surface area (Å²) < 4.78 is 34.7. The Hall–Kier alpha value is -2.42. The number of oxazole rings is 1. The number of hydrogen-bond donors (Lipinski definition) is 1. The van der Waals surface area contributed by atoms with Crippen molar-refractivity contribution in [3.63, 3.8) is 0 Å². The highest BCUT2D eigenvalue weighted by Gasteiger charge is 2.23. The van der Waals surface area contributed by atoms with Crippen LogP contribution in [0.25, 0.3) is 11.1 Å². The summed E-state index contributed by atoms with van der Waals surface area (Å²) >= 11 is 0. The molecule has 0 saturated carbocycles. The molecular formula is C21H25N3O4S. The van der Waals surface area contributed by atoms with Crippen molar-refractivity contribution in [3.8, 4) is 0 Å². The van der Waals surface area contributed by atoms with E-state index in [1.807, 2.05) is 18.2 Å². The molecule has 1 unspecified atom stereocenters. The fourth-order valence-electron chi connectivity index (χ4n) is 3.90. The lowest BCUT2D eigenvalue weighted by molar-refractivity contribution is 0.169. The molecule has 7 nitrogen and oxygen atoms in total. The van der Waals surface area contributed by atoms with E-state index in [0.29, 0.717) is 12.1 Å². The first-order valence-corrected chi connectivity index (χ1v) is 11.3. The van der Waals surface area contributed by atoms with Crippen molar-refractivity contribution in [2.24, 2.45) is 13.0 Å². The standard InChI is InChI=1S/C21H25N3O4S/c1-23-19-10-9-18(12-20(19)28-21(23)25)29(26,27)22-13-17-8-5-11-24(15-17)14-16-6-3-2-4-7-16/h2-4,6-7,9-10,12,17,22H,5,8,11,13-15H2,1H3. The van der Waals surface area contributed by atoms with Crippen LogP contribution < -0.4 is 10.5 Å². The summed E-state index contributed by atoms with van der Waals surface area (Å²) in [6.45, 7) is 3.17. The van der Waals surface area contributed by atoms with Crippen LogP contribution in [-0.2, 0) is 23.6 Å². The van der Waals surface area contributed by atoms with Gasteiger partial charge >= 0.3 is 5.76 Å². The number of aromatic nitrogens is 1. The number of fused-ring (bicyclic) bond motifs is 1. The molecule has 2 aromatic carbocycles. The lowest BCUT2D eigenvalue weighted by Gasteiger charge is -2.32. The lowest BCUT2D eigenvalue weighted by Crippen LogP contribution is -2.40. The highest BCUT2D eigenvalue weighted by molar-refractivity contribution is 7.89. The molecule has 154 valence electrons. The Morgan fingerprint density at radius 1 is 1.17 bits per heavy atom. The third-order valence-electron chi connectivity index (χ3n) is 5.49. The zero-order valence-electron chi connectivity index (χ0n) is 16.4. The first kappa shape index (κ1) is 19.9. The summed E-state index contributed by atoms with van der Waals surface area (Å²) in [4.78, 5) is 14.1. The van der Waals surface area contributed by atoms with E-state index in [2.05, 4.69) is 21.8 Å². The Morgan fingerprint density at radius 3 is 2.76 bits per heavy atom. The third kappa shape index (κ3) is 4.44. The van der Waals surface area contributed by atoms with E-state index in [-0.39, 0.29) is 16.4 Å². The molecule has 0 aliphatic carbocycles. The topological polar surface area (TPSA) is 84.5 Å². The van der Waals surface area contributed by atoms with Crippen LogP contribution >= 0.6 is 0 Å². The van der Waals surface area contributed by atoms with Crippen molar-refractivity contribution >= 4 is 21.1 Å². The second kappa shape index (κ2) is 8.14. The minimum absolute atomic E-state index is 0.108. The quantitative estimate of drug-likeness (QED) is 0.668. The zero-order chi connectivity index (χ0) is 20.4. The highest BCUT2D eigenvalue weighted by Crippen LogP contribution is 2.21. The molecule has 1 N–H and O–H groups in total. The first-order chi connectivity index (χ1) is 13.9. The number of nitrogens with one attached hydrogen (secondary N) is 1. The van der Waals surface area contributed by atoms with Crippen LogP contribution in [0.2, 0.25) is 0 Å². The van der Waals surface area contributed by atoms with Crippen LogP contribution in [0.3, 0.4) is 0 Å². The predicted octanol–water partition coefficient (Wildman–Crippen LogP) is 2.32. The molecule has 0 amide bonds. The maximum Gasteiger partial charge on any atom is 0.419 e. The Bertz CT molecular complexity index is 1150. The van der Waals surface area contributed by atoms with Gasteiger partial charge in [-0.15, -0.1) is 0 Å². The maximum atomic E-state index is 12.7. The van der Waals surface area contributed by atoms with Crippen molar-refractivity contribution in [1.82, 2.24) is 14.2 Å². The number of likely N-dealkylation sites (tertiary alicyclic amines) is 1. The van der Waals surface area contributed by atoms with E-state index in [1.54, 1.807) is 13.1 Å². The summed E-state index contributed by atoms with van der Waals surface area (Å²) in [6.07, 6.45) is 2.06. The van der Waals surface area contributed by atoms with Gasteiger partial charge in [0.1, 0.15) is 0 Å². The van der Waals surface area contributed by atoms with E-state index in [0.717, 1.165) is 32.5 Å². The Morgan fingerprint density at radius 2 is 1.97 bits per heavy atom. The summed E-state index contributed by atoms with van der Waals surface area (Å²) in [5.74, 6) is -0.246. The molecule has 3 aromatic rings. The van der Waals surface area contributed by atoms with Gasteiger partial charge < -0.3 is 4.42 Å². The monoisotopic (exact) mass is 415 g/mol. The van der Waals surface area contributed by atoms with Crippen LogP contribution in [0.5, 0.6) is 0 Å². The van der Waals surface area contributed by atoms with Crippen molar-refractivity contribution in [2.45, 2.75) is 24.3 Å². The molecule has 0 radical (unpaired) electrons. The maximum absolute atomic E-state index is 12.7. The van der Waals surface area contributed by atoms with Gasteiger partial charge in [-0.3, -0.25) is 9.47 Å². The Balaban J connectivity index is 1.40. The largest absolute Gasteiger partial charge is 0.419 e. The normalized spacial score (nSPS) is 18.3. The SMILES string of the molecule is Cn1c(=O)oc2cc(S(=O)(=O)NCC3CCCN(Cc4ccccc4)C3)ccc21. The minimum atomic E-state index is -3.67. The second-order valence-electron chi connectivity index (χ2n) is 7.64. The Labute approximate surface area is 170 Å². The molecule has 1 aliphatic rings. The molecule has 1 saturated heterocycles. The van der Waals surface area contributed by atoms with Gasteiger partial charge in [0.2, 0.25) is 10.0 Å². The molecular weight excluding hydrogens is 390 g/mol. The molecule has 0 bridgehead atoms. The number of rotatable bonds is 6. The van der Waals surface area contributed by atoms with Crippen LogP contribution in [0.4, 0.5) is 0 Å². The second-order valence-corrected chi connectivity index (χ2v) is 9.40. The fourth-order valence-corrected chi connectivity index (χ4v) is 5.03. The number of nitrogens with zero attached hydrogens (tertiary/aromatic N) is 2. The first-order valence-electron chi connectivity index (χ1n) is 9.78. The number of piperidine rings is 1. The Kier molecular flexibility index (Phi) is 5.58. The molecule has 29 heavy (non-hydrogen) atoms. The smallest absolute Gasteiger partial charge is 0.408 e. The van der Waals surface area contributed by atoms with Gasteiger partial charge in [0.25, 0.3) is 0 Å². The molecule has 8 heteroatoms. The molecule has 2 heterocycles. The predicted molar refractivity (Wildman–Crippen MR) is 111 cm³/mol. The molecule has 1 atom stereocenters. The van der Waals surface area contributed by atoms with Gasteiger partial charge in [0, 0.05) is 32.7 Å². The van der Waals surface area contributed by atoms with Gasteiger partial charge in [-0.1, -0.05) is 30.3 Å². The number of aryl methyl sites for hydroxylation is 1. The fraction of sp³-hybridized carbons (Fsp3) is 0.381. The summed E-state index contributed by atoms with van der Waals surface area (Å²) in [7, 11) is -2.08. The van der Waals surface area contributed by atoms with E-state index < -0.39 is 15.8 Å². The van der Waals surface area contributed by atoms with Crippen LogP contribution in [-0.4, -0.2) is 37.5 Å². The number of sulfonamides is 1. The van der Waals surface area contributed by atoms with Gasteiger partial charge in [-0.2, -0.15) is 0 Å². The van der Waals surface area contributed by atoms with Crippen molar-refractivity contribution in [2.75, 3.05) is 19.6 Å². The number of benzene rings is 2. The van der Waals surface area contributed by atoms with Crippen LogP contribution in [0.1, 0.15) is 18.4 Å². The molecule has 4 rings (SSSR count). The van der Waals surface area contributed by atoms with Crippen molar-refractivity contribution < 1.29 is 12.8 Å². The summed E-state index contributed by atoms with van der Waals surface area (Å²) in [6, 6.07) is 14.8. The van der Waals surface area contributed by atoms with Crippen molar-refractivity contribution in [3.05, 3.63) is 64.6 Å². The summed E-state index contributed by atoms with van der Waals surface area (Å²) in [5, 5.41) is 0. The van der Waals surface area contributed by atoms with Gasteiger partial charge in [-0.25, -0.2) is 17.9 Å². The van der Waals surface area contributed by atoms with Crippen LogP contribution in [0, 0.1) is 5.92 Å². The number of hydrogen-bond acceptors (Lipinski definition) is 5. The van der Waals surface area contributed by atoms with E-state index >= 15 is 0 Å². The zero-order valence-corrected chi connectivity index (χ0v) is 17.2. The average molecular weight is 416 g/mol. The van der Waals surface area contributed by atoms with Gasteiger partial charge in [0.15, 0.2) is 5.58 Å². The minimum Gasteiger partial charge on any atom is -0.408 e. The highest BCUT2D eigenvalue weighted by atomic mass is 32.2. The van der Waals surface area contributed by atoms with E-state index in [4.69, 9.17) is 4.42 Å². The van der Waals surface area contributed by atoms with Gasteiger partial charge in [-0.05, 0) is 43.0 Å². The molecule has 1 aliphatic heterocycles. The van der Waals surface area contributed by atoms with Crippen molar-refractivity contribution in [1.29, 1.82) is 0 Å². The summed E-state index contributed by atoms with van der Waals surface area (Å²) in [5.41, 5.74) is 2.11. The van der Waals surface area contributed by atoms with Gasteiger partial charge in [0.05, 0.1) is 10.4 Å². The lowest BCUT2D eigenvalue weighted by atomic mass is 9.98. The van der Waals surface area contributed by atoms with E-state index in [1.165, 1.54) is 22.3 Å². The third-order valence-corrected chi connectivity index (χ3v) is 6.91. The van der Waals surface area contributed by atoms with Crippen LogP contribution in [0.15, 0.2) is 62.6 Å².